The van der Waals surface area contributed by atoms with Crippen LogP contribution >= 0.6 is 0 Å². The number of halogens is 4. The molecule has 4 rings (SSSR count). The Morgan fingerprint density at radius 3 is 1.73 bits per heavy atom. The molecule has 156 valence electrons. The van der Waals surface area contributed by atoms with Crippen molar-refractivity contribution in [3.63, 3.8) is 0 Å². The molecular weight excluding hydrogens is 388 g/mol. The SMILES string of the molecule is Cc1ccc(C2CCC(c3ccc(-c4ccc(C)c(F)c4F)c(F)c3F)CC2)cc1. The van der Waals surface area contributed by atoms with Gasteiger partial charge in [0.25, 0.3) is 0 Å². The number of benzene rings is 3. The van der Waals surface area contributed by atoms with Crippen LogP contribution in [0, 0.1) is 37.1 Å². The lowest BCUT2D eigenvalue weighted by Crippen LogP contribution is -2.14. The molecule has 0 N–H and O–H groups in total. The maximum atomic E-state index is 14.9. The van der Waals surface area contributed by atoms with Gasteiger partial charge >= 0.3 is 0 Å². The number of aryl methyl sites for hydroxylation is 2. The average molecular weight is 412 g/mol. The minimum atomic E-state index is -1.15. The first-order valence-corrected chi connectivity index (χ1v) is 10.4. The van der Waals surface area contributed by atoms with Gasteiger partial charge in [0.2, 0.25) is 0 Å². The monoisotopic (exact) mass is 412 g/mol. The Labute approximate surface area is 174 Å². The second-order valence-corrected chi connectivity index (χ2v) is 8.35. The van der Waals surface area contributed by atoms with E-state index in [-0.39, 0.29) is 22.6 Å². The summed E-state index contributed by atoms with van der Waals surface area (Å²) in [6, 6.07) is 14.0. The molecule has 0 amide bonds. The van der Waals surface area contributed by atoms with Gasteiger partial charge < -0.3 is 0 Å². The van der Waals surface area contributed by atoms with Gasteiger partial charge in [-0.1, -0.05) is 54.1 Å². The summed E-state index contributed by atoms with van der Waals surface area (Å²) in [5, 5.41) is 0. The van der Waals surface area contributed by atoms with Gasteiger partial charge in [-0.15, -0.1) is 0 Å². The van der Waals surface area contributed by atoms with E-state index in [0.29, 0.717) is 11.5 Å². The zero-order valence-corrected chi connectivity index (χ0v) is 17.1. The van der Waals surface area contributed by atoms with Gasteiger partial charge in [0.05, 0.1) is 0 Å². The van der Waals surface area contributed by atoms with Crippen molar-refractivity contribution in [2.24, 2.45) is 0 Å². The lowest BCUT2D eigenvalue weighted by molar-refractivity contribution is 0.381. The van der Waals surface area contributed by atoms with Crippen LogP contribution in [0.5, 0.6) is 0 Å². The van der Waals surface area contributed by atoms with Gasteiger partial charge in [0.1, 0.15) is 0 Å². The highest BCUT2D eigenvalue weighted by Crippen LogP contribution is 2.42. The van der Waals surface area contributed by atoms with Gasteiger partial charge in [-0.05, 0) is 68.1 Å². The molecular formula is C26H24F4. The normalized spacial score (nSPS) is 19.1. The summed E-state index contributed by atoms with van der Waals surface area (Å²) in [7, 11) is 0. The first-order chi connectivity index (χ1) is 14.4. The highest BCUT2D eigenvalue weighted by molar-refractivity contribution is 5.66. The largest absolute Gasteiger partial charge is 0.203 e. The first-order valence-electron chi connectivity index (χ1n) is 10.4. The van der Waals surface area contributed by atoms with Crippen molar-refractivity contribution < 1.29 is 17.6 Å². The Morgan fingerprint density at radius 2 is 1.10 bits per heavy atom. The Bertz CT molecular complexity index is 1060. The topological polar surface area (TPSA) is 0 Å². The van der Waals surface area contributed by atoms with Crippen LogP contribution in [0.25, 0.3) is 11.1 Å². The van der Waals surface area contributed by atoms with Gasteiger partial charge in [-0.25, -0.2) is 17.6 Å². The van der Waals surface area contributed by atoms with Crippen LogP contribution in [0.4, 0.5) is 17.6 Å². The molecule has 0 spiro atoms. The zero-order chi connectivity index (χ0) is 21.4. The lowest BCUT2D eigenvalue weighted by Gasteiger charge is -2.29. The molecule has 0 bridgehead atoms. The van der Waals surface area contributed by atoms with Gasteiger partial charge in [0.15, 0.2) is 23.3 Å². The van der Waals surface area contributed by atoms with E-state index >= 15 is 0 Å². The second kappa shape index (κ2) is 8.25. The summed E-state index contributed by atoms with van der Waals surface area (Å²) in [5.41, 5.74) is 2.45. The highest BCUT2D eigenvalue weighted by Gasteiger charge is 2.28. The fourth-order valence-electron chi connectivity index (χ4n) is 4.52. The number of hydrogen-bond acceptors (Lipinski definition) is 0. The minimum Gasteiger partial charge on any atom is -0.203 e. The molecule has 0 unspecified atom stereocenters. The zero-order valence-electron chi connectivity index (χ0n) is 17.1. The van der Waals surface area contributed by atoms with Crippen molar-refractivity contribution in [3.05, 3.63) is 94.1 Å². The van der Waals surface area contributed by atoms with E-state index in [9.17, 15) is 17.6 Å². The molecule has 0 aromatic heterocycles. The van der Waals surface area contributed by atoms with Crippen LogP contribution < -0.4 is 0 Å². The molecule has 0 heterocycles. The van der Waals surface area contributed by atoms with Crippen molar-refractivity contribution in [2.45, 2.75) is 51.4 Å². The smallest absolute Gasteiger partial charge is 0.167 e. The van der Waals surface area contributed by atoms with Crippen LogP contribution in [0.1, 0.15) is 59.8 Å². The molecule has 0 saturated heterocycles. The first kappa shape index (κ1) is 20.6. The third kappa shape index (κ3) is 3.76. The van der Waals surface area contributed by atoms with Crippen molar-refractivity contribution in [2.75, 3.05) is 0 Å². The number of hydrogen-bond donors (Lipinski definition) is 0. The maximum Gasteiger partial charge on any atom is 0.167 e. The van der Waals surface area contributed by atoms with Gasteiger partial charge in [-0.3, -0.25) is 0 Å². The molecule has 0 radical (unpaired) electrons. The van der Waals surface area contributed by atoms with E-state index < -0.39 is 23.3 Å². The van der Waals surface area contributed by atoms with Crippen molar-refractivity contribution >= 4 is 0 Å². The van der Waals surface area contributed by atoms with Crippen LogP contribution in [0.3, 0.4) is 0 Å². The molecule has 0 aliphatic heterocycles. The fraction of sp³-hybridized carbons (Fsp3) is 0.308. The van der Waals surface area contributed by atoms with Crippen molar-refractivity contribution in [1.82, 2.24) is 0 Å². The molecule has 1 fully saturated rings. The summed E-state index contributed by atoms with van der Waals surface area (Å²) < 4.78 is 57.9. The Kier molecular flexibility index (Phi) is 5.68. The van der Waals surface area contributed by atoms with E-state index in [0.717, 1.165) is 25.7 Å². The van der Waals surface area contributed by atoms with Crippen LogP contribution in [-0.4, -0.2) is 0 Å². The van der Waals surface area contributed by atoms with Gasteiger partial charge in [0, 0.05) is 11.1 Å². The predicted molar refractivity (Wildman–Crippen MR) is 112 cm³/mol. The average Bonchev–Trinajstić information content (AvgIpc) is 2.75. The van der Waals surface area contributed by atoms with E-state index in [4.69, 9.17) is 0 Å². The molecule has 1 aliphatic rings. The lowest BCUT2D eigenvalue weighted by atomic mass is 9.76. The molecule has 1 saturated carbocycles. The van der Waals surface area contributed by atoms with E-state index in [2.05, 4.69) is 31.2 Å². The van der Waals surface area contributed by atoms with Crippen LogP contribution in [0.2, 0.25) is 0 Å². The summed E-state index contributed by atoms with van der Waals surface area (Å²) in [6.45, 7) is 3.48. The van der Waals surface area contributed by atoms with E-state index in [1.165, 1.54) is 42.3 Å². The quantitative estimate of drug-likeness (QED) is 0.383. The Morgan fingerprint density at radius 1 is 0.567 bits per heavy atom. The molecule has 0 atom stereocenters. The Balaban J connectivity index is 1.56. The number of rotatable bonds is 3. The molecule has 4 heteroatoms. The molecule has 1 aliphatic carbocycles. The third-order valence-corrected chi connectivity index (χ3v) is 6.39. The fourth-order valence-corrected chi connectivity index (χ4v) is 4.52. The van der Waals surface area contributed by atoms with Crippen LogP contribution in [-0.2, 0) is 0 Å². The molecule has 3 aromatic carbocycles. The standard InChI is InChI=1S/C26H24F4/c1-15-3-6-17(7-4-15)18-8-10-19(11-9-18)20-13-14-22(26(30)24(20)28)21-12-5-16(2)23(27)25(21)29/h3-7,12-14,18-19H,8-11H2,1-2H3. The molecule has 30 heavy (non-hydrogen) atoms. The van der Waals surface area contributed by atoms with Gasteiger partial charge in [-0.2, -0.15) is 0 Å². The third-order valence-electron chi connectivity index (χ3n) is 6.39. The summed E-state index contributed by atoms with van der Waals surface area (Å²) >= 11 is 0. The summed E-state index contributed by atoms with van der Waals surface area (Å²) in [5.74, 6) is -3.90. The summed E-state index contributed by atoms with van der Waals surface area (Å²) in [6.07, 6.45) is 3.35. The second-order valence-electron chi connectivity index (χ2n) is 8.35. The summed E-state index contributed by atoms with van der Waals surface area (Å²) in [4.78, 5) is 0. The van der Waals surface area contributed by atoms with Crippen molar-refractivity contribution in [3.8, 4) is 11.1 Å². The Hall–Kier alpha value is -2.62. The van der Waals surface area contributed by atoms with Crippen molar-refractivity contribution in [1.29, 1.82) is 0 Å². The van der Waals surface area contributed by atoms with E-state index in [1.54, 1.807) is 0 Å². The molecule has 3 aromatic rings. The van der Waals surface area contributed by atoms with E-state index in [1.807, 2.05) is 0 Å². The minimum absolute atomic E-state index is 0.0742. The maximum absolute atomic E-state index is 14.9. The highest BCUT2D eigenvalue weighted by atomic mass is 19.2. The predicted octanol–water partition coefficient (Wildman–Crippen LogP) is 7.97. The van der Waals surface area contributed by atoms with Crippen LogP contribution in [0.15, 0.2) is 48.5 Å². The molecule has 0 nitrogen and oxygen atoms in total.